The maximum absolute atomic E-state index is 12.4. The van der Waals surface area contributed by atoms with Gasteiger partial charge in [0.25, 0.3) is 11.1 Å². The molecule has 0 bridgehead atoms. The van der Waals surface area contributed by atoms with Crippen LogP contribution in [0.4, 0.5) is 4.79 Å². The Morgan fingerprint density at radius 1 is 1.24 bits per heavy atom. The molecule has 2 heterocycles. The number of hydrogen-bond acceptors (Lipinski definition) is 4. The SMILES string of the molecule is CCCCN1C(=O)S/C(=C\c2ccc(-c3ccc(Br)c(C)c3)o2)C1=O. The largest absolute Gasteiger partial charge is 0.457 e. The summed E-state index contributed by atoms with van der Waals surface area (Å²) < 4.78 is 6.88. The number of halogens is 1. The van der Waals surface area contributed by atoms with Gasteiger partial charge >= 0.3 is 0 Å². The predicted octanol–water partition coefficient (Wildman–Crippen LogP) is 5.85. The smallest absolute Gasteiger partial charge is 0.293 e. The van der Waals surface area contributed by atoms with Gasteiger partial charge in [-0.3, -0.25) is 14.5 Å². The first-order chi connectivity index (χ1) is 12.0. The molecule has 130 valence electrons. The van der Waals surface area contributed by atoms with Gasteiger partial charge in [-0.25, -0.2) is 0 Å². The van der Waals surface area contributed by atoms with Gasteiger partial charge in [0.05, 0.1) is 4.91 Å². The van der Waals surface area contributed by atoms with Gasteiger partial charge in [0.2, 0.25) is 0 Å². The van der Waals surface area contributed by atoms with Crippen molar-refractivity contribution in [1.82, 2.24) is 4.90 Å². The molecule has 1 saturated heterocycles. The maximum atomic E-state index is 12.4. The van der Waals surface area contributed by atoms with Crippen LogP contribution in [0, 0.1) is 6.92 Å². The Morgan fingerprint density at radius 2 is 2.04 bits per heavy atom. The lowest BCUT2D eigenvalue weighted by Crippen LogP contribution is -2.29. The number of nitrogens with zero attached hydrogens (tertiary/aromatic N) is 1. The number of furan rings is 1. The van der Waals surface area contributed by atoms with Crippen molar-refractivity contribution in [3.63, 3.8) is 0 Å². The van der Waals surface area contributed by atoms with Crippen LogP contribution in [0.1, 0.15) is 31.1 Å². The fourth-order valence-electron chi connectivity index (χ4n) is 2.52. The van der Waals surface area contributed by atoms with E-state index in [2.05, 4.69) is 15.9 Å². The highest BCUT2D eigenvalue weighted by molar-refractivity contribution is 9.10. The minimum atomic E-state index is -0.235. The van der Waals surface area contributed by atoms with Crippen LogP contribution in [-0.4, -0.2) is 22.6 Å². The lowest BCUT2D eigenvalue weighted by atomic mass is 10.1. The molecule has 1 aliphatic rings. The fraction of sp³-hybridized carbons (Fsp3) is 0.263. The Kier molecular flexibility index (Phi) is 5.49. The molecule has 0 saturated carbocycles. The highest BCUT2D eigenvalue weighted by atomic mass is 79.9. The third kappa shape index (κ3) is 3.90. The molecule has 0 atom stereocenters. The van der Waals surface area contributed by atoms with Gasteiger partial charge in [0.1, 0.15) is 11.5 Å². The summed E-state index contributed by atoms with van der Waals surface area (Å²) >= 11 is 4.45. The van der Waals surface area contributed by atoms with Gasteiger partial charge in [0, 0.05) is 22.7 Å². The molecular formula is C19H18BrNO3S. The van der Waals surface area contributed by atoms with Crippen LogP contribution in [0.15, 0.2) is 44.1 Å². The van der Waals surface area contributed by atoms with E-state index in [1.807, 2.05) is 44.2 Å². The summed E-state index contributed by atoms with van der Waals surface area (Å²) in [6.07, 6.45) is 3.40. The standard InChI is InChI=1S/C19H18BrNO3S/c1-3-4-9-21-18(22)17(25-19(21)23)11-14-6-8-16(24-14)13-5-7-15(20)12(2)10-13/h5-8,10-11H,3-4,9H2,1-2H3/b17-11-. The monoisotopic (exact) mass is 419 g/mol. The van der Waals surface area contributed by atoms with Gasteiger partial charge in [-0.05, 0) is 54.9 Å². The summed E-state index contributed by atoms with van der Waals surface area (Å²) in [5.74, 6) is 1.06. The van der Waals surface area contributed by atoms with Crippen molar-refractivity contribution < 1.29 is 14.0 Å². The van der Waals surface area contributed by atoms with E-state index >= 15 is 0 Å². The minimum Gasteiger partial charge on any atom is -0.457 e. The third-order valence-electron chi connectivity index (χ3n) is 3.95. The summed E-state index contributed by atoms with van der Waals surface area (Å²) in [7, 11) is 0. The zero-order valence-electron chi connectivity index (χ0n) is 14.0. The fourth-order valence-corrected chi connectivity index (χ4v) is 3.61. The van der Waals surface area contributed by atoms with E-state index in [-0.39, 0.29) is 11.1 Å². The summed E-state index contributed by atoms with van der Waals surface area (Å²) in [6, 6.07) is 9.66. The van der Waals surface area contributed by atoms with Crippen molar-refractivity contribution in [2.24, 2.45) is 0 Å². The van der Waals surface area contributed by atoms with Crippen molar-refractivity contribution in [2.75, 3.05) is 6.54 Å². The van der Waals surface area contributed by atoms with Gasteiger partial charge in [-0.2, -0.15) is 0 Å². The molecule has 0 aliphatic carbocycles. The zero-order valence-corrected chi connectivity index (χ0v) is 16.4. The molecule has 0 spiro atoms. The van der Waals surface area contributed by atoms with Crippen LogP contribution in [0.3, 0.4) is 0 Å². The van der Waals surface area contributed by atoms with Crippen LogP contribution < -0.4 is 0 Å². The van der Waals surface area contributed by atoms with E-state index in [4.69, 9.17) is 4.42 Å². The quantitative estimate of drug-likeness (QED) is 0.569. The Bertz CT molecular complexity index is 856. The summed E-state index contributed by atoms with van der Waals surface area (Å²) in [5.41, 5.74) is 2.09. The number of rotatable bonds is 5. The molecule has 6 heteroatoms. The Morgan fingerprint density at radius 3 is 2.76 bits per heavy atom. The predicted molar refractivity (Wildman–Crippen MR) is 104 cm³/mol. The minimum absolute atomic E-state index is 0.208. The summed E-state index contributed by atoms with van der Waals surface area (Å²) in [6.45, 7) is 4.52. The Hall–Kier alpha value is -1.79. The van der Waals surface area contributed by atoms with Crippen molar-refractivity contribution >= 4 is 44.9 Å². The number of unbranched alkanes of at least 4 members (excludes halogenated alkanes) is 1. The van der Waals surface area contributed by atoms with Crippen LogP contribution in [-0.2, 0) is 4.79 Å². The second-order valence-electron chi connectivity index (χ2n) is 5.85. The lowest BCUT2D eigenvalue weighted by Gasteiger charge is -2.10. The van der Waals surface area contributed by atoms with Gasteiger partial charge in [-0.15, -0.1) is 0 Å². The van der Waals surface area contributed by atoms with Gasteiger partial charge in [0.15, 0.2) is 0 Å². The average Bonchev–Trinajstić information content (AvgIpc) is 3.15. The maximum Gasteiger partial charge on any atom is 0.293 e. The van der Waals surface area contributed by atoms with E-state index in [9.17, 15) is 9.59 Å². The van der Waals surface area contributed by atoms with Crippen LogP contribution in [0.25, 0.3) is 17.4 Å². The number of benzene rings is 1. The molecule has 0 N–H and O–H groups in total. The molecule has 1 aromatic carbocycles. The van der Waals surface area contributed by atoms with Crippen molar-refractivity contribution in [1.29, 1.82) is 0 Å². The zero-order chi connectivity index (χ0) is 18.0. The first-order valence-electron chi connectivity index (χ1n) is 8.11. The average molecular weight is 420 g/mol. The number of thioether (sulfide) groups is 1. The van der Waals surface area contributed by atoms with E-state index < -0.39 is 0 Å². The normalized spacial score (nSPS) is 16.3. The molecular weight excluding hydrogens is 402 g/mol. The van der Waals surface area contributed by atoms with Crippen LogP contribution >= 0.6 is 27.7 Å². The highest BCUT2D eigenvalue weighted by Gasteiger charge is 2.34. The number of amides is 2. The number of imide groups is 1. The van der Waals surface area contributed by atoms with Crippen molar-refractivity contribution in [3.05, 3.63) is 51.0 Å². The second kappa shape index (κ2) is 7.62. The summed E-state index contributed by atoms with van der Waals surface area (Å²) in [5, 5.41) is -0.208. The molecule has 1 fully saturated rings. The molecule has 3 rings (SSSR count). The summed E-state index contributed by atoms with van der Waals surface area (Å²) in [4.78, 5) is 26.1. The van der Waals surface area contributed by atoms with Gasteiger partial charge in [-0.1, -0.05) is 35.3 Å². The molecule has 1 aliphatic heterocycles. The Labute approximate surface area is 159 Å². The van der Waals surface area contributed by atoms with Crippen molar-refractivity contribution in [3.8, 4) is 11.3 Å². The molecule has 0 radical (unpaired) electrons. The number of carbonyl (C=O) groups is 2. The van der Waals surface area contributed by atoms with Gasteiger partial charge < -0.3 is 4.42 Å². The van der Waals surface area contributed by atoms with Crippen LogP contribution in [0.2, 0.25) is 0 Å². The van der Waals surface area contributed by atoms with E-state index in [1.54, 1.807) is 6.08 Å². The molecule has 2 amide bonds. The molecule has 1 aromatic heterocycles. The third-order valence-corrected chi connectivity index (χ3v) is 5.75. The van der Waals surface area contributed by atoms with E-state index in [1.165, 1.54) is 4.90 Å². The molecule has 4 nitrogen and oxygen atoms in total. The first kappa shape index (κ1) is 18.0. The van der Waals surface area contributed by atoms with E-state index in [0.717, 1.165) is 46.0 Å². The van der Waals surface area contributed by atoms with E-state index in [0.29, 0.717) is 17.2 Å². The topological polar surface area (TPSA) is 50.5 Å². The lowest BCUT2D eigenvalue weighted by molar-refractivity contribution is -0.122. The molecule has 2 aromatic rings. The van der Waals surface area contributed by atoms with Crippen LogP contribution in [0.5, 0.6) is 0 Å². The first-order valence-corrected chi connectivity index (χ1v) is 9.72. The molecule has 0 unspecified atom stereocenters. The number of aryl methyl sites for hydroxylation is 1. The Balaban J connectivity index is 1.81. The second-order valence-corrected chi connectivity index (χ2v) is 7.70. The molecule has 25 heavy (non-hydrogen) atoms. The number of carbonyl (C=O) groups excluding carboxylic acids is 2. The van der Waals surface area contributed by atoms with Crippen molar-refractivity contribution in [2.45, 2.75) is 26.7 Å². The number of hydrogen-bond donors (Lipinski definition) is 0. The highest BCUT2D eigenvalue weighted by Crippen LogP contribution is 2.34.